The van der Waals surface area contributed by atoms with Crippen molar-refractivity contribution in [3.8, 4) is 0 Å². The van der Waals surface area contributed by atoms with Crippen LogP contribution in [0.3, 0.4) is 0 Å². The Bertz CT molecular complexity index is 432. The minimum Gasteiger partial charge on any atom is -0.393 e. The average molecular weight is 273 g/mol. The van der Waals surface area contributed by atoms with Gasteiger partial charge in [0, 0.05) is 11.6 Å². The first-order valence-electron chi connectivity index (χ1n) is 4.11. The summed E-state index contributed by atoms with van der Waals surface area (Å²) in [5, 5.41) is 10.7. The lowest BCUT2D eigenvalue weighted by Gasteiger charge is -2.05. The van der Waals surface area contributed by atoms with Gasteiger partial charge in [0.15, 0.2) is 5.78 Å². The second kappa shape index (κ2) is 4.39. The summed E-state index contributed by atoms with van der Waals surface area (Å²) in [7, 11) is 0. The Morgan fingerprint density at radius 2 is 2.20 bits per heavy atom. The molecule has 0 unspecified atom stereocenters. The number of nitro groups is 1. The summed E-state index contributed by atoms with van der Waals surface area (Å²) >= 11 is 3.00. The van der Waals surface area contributed by atoms with E-state index in [1.54, 1.807) is 13.0 Å². The lowest BCUT2D eigenvalue weighted by atomic mass is 10.0. The normalized spacial score (nSPS) is 10.0. The van der Waals surface area contributed by atoms with Gasteiger partial charge in [0.25, 0.3) is 5.69 Å². The SMILES string of the molecule is Cc1cc(C(=O)CBr)c(N)c([N+](=O)[O-])c1. The molecule has 15 heavy (non-hydrogen) atoms. The van der Waals surface area contributed by atoms with Crippen molar-refractivity contribution in [1.82, 2.24) is 0 Å². The molecule has 0 aliphatic carbocycles. The van der Waals surface area contributed by atoms with Crippen LogP contribution in [0, 0.1) is 17.0 Å². The molecule has 1 aromatic rings. The van der Waals surface area contributed by atoms with Crippen LogP contribution >= 0.6 is 15.9 Å². The standard InChI is InChI=1S/C9H9BrN2O3/c1-5-2-6(8(13)4-10)9(11)7(3-5)12(14)15/h2-3H,4,11H2,1H3. The van der Waals surface area contributed by atoms with Crippen LogP contribution in [0.2, 0.25) is 0 Å². The quantitative estimate of drug-likeness (QED) is 0.300. The second-order valence-corrected chi connectivity index (χ2v) is 3.62. The smallest absolute Gasteiger partial charge is 0.293 e. The molecule has 5 nitrogen and oxygen atoms in total. The molecule has 0 aliphatic heterocycles. The molecule has 0 fully saturated rings. The van der Waals surface area contributed by atoms with E-state index in [2.05, 4.69) is 15.9 Å². The molecule has 0 bridgehead atoms. The van der Waals surface area contributed by atoms with Crippen LogP contribution in [0.4, 0.5) is 11.4 Å². The number of alkyl halides is 1. The minimum atomic E-state index is -0.590. The number of carbonyl (C=O) groups excluding carboxylic acids is 1. The molecule has 0 amide bonds. The summed E-state index contributed by atoms with van der Waals surface area (Å²) in [5.74, 6) is -0.265. The van der Waals surface area contributed by atoms with Gasteiger partial charge in [-0.15, -0.1) is 0 Å². The first kappa shape index (κ1) is 11.6. The Morgan fingerprint density at radius 1 is 1.60 bits per heavy atom. The largest absolute Gasteiger partial charge is 0.393 e. The first-order chi connectivity index (χ1) is 6.97. The highest BCUT2D eigenvalue weighted by Gasteiger charge is 2.19. The number of hydrogen-bond acceptors (Lipinski definition) is 4. The van der Waals surface area contributed by atoms with E-state index >= 15 is 0 Å². The molecule has 0 spiro atoms. The van der Waals surface area contributed by atoms with Crippen LogP contribution < -0.4 is 5.73 Å². The predicted molar refractivity (Wildman–Crippen MR) is 60.4 cm³/mol. The fourth-order valence-corrected chi connectivity index (χ4v) is 1.53. The molecule has 6 heteroatoms. The van der Waals surface area contributed by atoms with E-state index in [0.29, 0.717) is 5.56 Å². The van der Waals surface area contributed by atoms with Crippen LogP contribution in [0.1, 0.15) is 15.9 Å². The number of ketones is 1. The van der Waals surface area contributed by atoms with Gasteiger partial charge in [0.2, 0.25) is 0 Å². The number of nitrogens with two attached hydrogens (primary N) is 1. The molecule has 1 rings (SSSR count). The van der Waals surface area contributed by atoms with E-state index in [0.717, 1.165) is 0 Å². The Balaban J connectivity index is 3.41. The third kappa shape index (κ3) is 2.33. The van der Waals surface area contributed by atoms with E-state index in [1.165, 1.54) is 6.07 Å². The number of Topliss-reactive ketones (excluding diaryl/α,β-unsaturated/α-hetero) is 1. The van der Waals surface area contributed by atoms with Crippen molar-refractivity contribution >= 4 is 33.1 Å². The summed E-state index contributed by atoms with van der Waals surface area (Å²) in [6.07, 6.45) is 0. The highest BCUT2D eigenvalue weighted by molar-refractivity contribution is 9.09. The molecule has 0 radical (unpaired) electrons. The van der Waals surface area contributed by atoms with Crippen molar-refractivity contribution in [2.24, 2.45) is 0 Å². The predicted octanol–water partition coefficient (Wildman–Crippen LogP) is 2.06. The minimum absolute atomic E-state index is 0.0740. The van der Waals surface area contributed by atoms with E-state index in [4.69, 9.17) is 5.73 Å². The summed E-state index contributed by atoms with van der Waals surface area (Å²) < 4.78 is 0. The Labute approximate surface area is 94.5 Å². The maximum atomic E-state index is 11.4. The number of hydrogen-bond donors (Lipinski definition) is 1. The second-order valence-electron chi connectivity index (χ2n) is 3.06. The highest BCUT2D eigenvalue weighted by Crippen LogP contribution is 2.27. The number of nitro benzene ring substituents is 1. The zero-order valence-corrected chi connectivity index (χ0v) is 9.58. The average Bonchev–Trinajstić information content (AvgIpc) is 2.19. The molecule has 0 heterocycles. The van der Waals surface area contributed by atoms with Crippen molar-refractivity contribution in [3.63, 3.8) is 0 Å². The molecule has 0 aliphatic rings. The number of aryl methyl sites for hydroxylation is 1. The van der Waals surface area contributed by atoms with Crippen LogP contribution in [0.25, 0.3) is 0 Å². The van der Waals surface area contributed by atoms with Crippen LogP contribution in [-0.2, 0) is 0 Å². The van der Waals surface area contributed by atoms with Crippen LogP contribution in [-0.4, -0.2) is 16.0 Å². The zero-order valence-electron chi connectivity index (χ0n) is 7.99. The summed E-state index contributed by atoms with van der Waals surface area (Å²) in [6, 6.07) is 2.90. The monoisotopic (exact) mass is 272 g/mol. The van der Waals surface area contributed by atoms with Crippen LogP contribution in [0.5, 0.6) is 0 Å². The summed E-state index contributed by atoms with van der Waals surface area (Å²) in [5.41, 5.74) is 6.08. The van der Waals surface area contributed by atoms with Gasteiger partial charge in [-0.05, 0) is 18.6 Å². The number of nitrogens with zero attached hydrogens (tertiary/aromatic N) is 1. The molecule has 1 aromatic carbocycles. The van der Waals surface area contributed by atoms with Crippen LogP contribution in [0.15, 0.2) is 12.1 Å². The van der Waals surface area contributed by atoms with E-state index < -0.39 is 4.92 Å². The first-order valence-corrected chi connectivity index (χ1v) is 5.23. The maximum absolute atomic E-state index is 11.4. The number of benzene rings is 1. The van der Waals surface area contributed by atoms with Gasteiger partial charge in [0.05, 0.1) is 10.3 Å². The van der Waals surface area contributed by atoms with Gasteiger partial charge >= 0.3 is 0 Å². The summed E-state index contributed by atoms with van der Waals surface area (Å²) in [6.45, 7) is 1.68. The van der Waals surface area contributed by atoms with E-state index in [9.17, 15) is 14.9 Å². The number of nitrogen functional groups attached to an aromatic ring is 1. The van der Waals surface area contributed by atoms with Gasteiger partial charge < -0.3 is 5.73 Å². The maximum Gasteiger partial charge on any atom is 0.293 e. The molecule has 0 saturated heterocycles. The number of rotatable bonds is 3. The van der Waals surface area contributed by atoms with Crippen molar-refractivity contribution in [1.29, 1.82) is 0 Å². The van der Waals surface area contributed by atoms with E-state index in [-0.39, 0.29) is 28.1 Å². The van der Waals surface area contributed by atoms with Crippen molar-refractivity contribution < 1.29 is 9.72 Å². The topological polar surface area (TPSA) is 86.2 Å². The van der Waals surface area contributed by atoms with Crippen molar-refractivity contribution in [3.05, 3.63) is 33.4 Å². The van der Waals surface area contributed by atoms with Gasteiger partial charge in [-0.2, -0.15) is 0 Å². The van der Waals surface area contributed by atoms with Crippen molar-refractivity contribution in [2.45, 2.75) is 6.92 Å². The Kier molecular flexibility index (Phi) is 3.41. The third-order valence-corrected chi connectivity index (χ3v) is 2.43. The summed E-state index contributed by atoms with van der Waals surface area (Å²) in [4.78, 5) is 21.5. The molecule has 80 valence electrons. The lowest BCUT2D eigenvalue weighted by Crippen LogP contribution is -2.07. The van der Waals surface area contributed by atoms with Gasteiger partial charge in [-0.1, -0.05) is 15.9 Å². The fourth-order valence-electron chi connectivity index (χ4n) is 1.23. The number of anilines is 1. The third-order valence-electron chi connectivity index (χ3n) is 1.92. The molecular formula is C9H9BrN2O3. The molecule has 0 atom stereocenters. The van der Waals surface area contributed by atoms with Gasteiger partial charge in [-0.3, -0.25) is 14.9 Å². The van der Waals surface area contributed by atoms with Gasteiger partial charge in [0.1, 0.15) is 5.69 Å². The lowest BCUT2D eigenvalue weighted by molar-refractivity contribution is -0.384. The fraction of sp³-hybridized carbons (Fsp3) is 0.222. The highest BCUT2D eigenvalue weighted by atomic mass is 79.9. The molecule has 2 N–H and O–H groups in total. The number of halogens is 1. The molecular weight excluding hydrogens is 264 g/mol. The van der Waals surface area contributed by atoms with Crippen molar-refractivity contribution in [2.75, 3.05) is 11.1 Å². The number of carbonyl (C=O) groups is 1. The molecule has 0 saturated carbocycles. The Morgan fingerprint density at radius 3 is 2.67 bits per heavy atom. The Hall–Kier alpha value is -1.43. The molecule has 0 aromatic heterocycles. The van der Waals surface area contributed by atoms with Gasteiger partial charge in [-0.25, -0.2) is 0 Å². The van der Waals surface area contributed by atoms with E-state index in [1.807, 2.05) is 0 Å². The zero-order chi connectivity index (χ0) is 11.6.